The van der Waals surface area contributed by atoms with Crippen LogP contribution in [-0.2, 0) is 0 Å². The first-order chi connectivity index (χ1) is 10.1. The van der Waals surface area contributed by atoms with Crippen molar-refractivity contribution in [1.29, 1.82) is 0 Å². The lowest BCUT2D eigenvalue weighted by Crippen LogP contribution is -2.40. The van der Waals surface area contributed by atoms with E-state index >= 15 is 0 Å². The van der Waals surface area contributed by atoms with Crippen LogP contribution >= 0.6 is 0 Å². The molecule has 0 radical (unpaired) electrons. The molecule has 1 heterocycles. The van der Waals surface area contributed by atoms with Gasteiger partial charge in [0.2, 0.25) is 0 Å². The van der Waals surface area contributed by atoms with E-state index in [0.717, 1.165) is 19.0 Å². The molecule has 0 bridgehead atoms. The third kappa shape index (κ3) is 4.31. The van der Waals surface area contributed by atoms with Crippen LogP contribution in [0.15, 0.2) is 24.3 Å². The van der Waals surface area contributed by atoms with Crippen LogP contribution in [0.3, 0.4) is 0 Å². The summed E-state index contributed by atoms with van der Waals surface area (Å²) in [6.07, 6.45) is 3.89. The number of piperidine rings is 1. The molecule has 2 rings (SSSR count). The molecule has 2 unspecified atom stereocenters. The van der Waals surface area contributed by atoms with Crippen molar-refractivity contribution in [3.05, 3.63) is 35.4 Å². The van der Waals surface area contributed by atoms with Gasteiger partial charge in [-0.05, 0) is 68.9 Å². The van der Waals surface area contributed by atoms with Crippen LogP contribution < -0.4 is 5.32 Å². The fraction of sp³-hybridized carbons (Fsp3) is 0.684. The quantitative estimate of drug-likeness (QED) is 0.790. The van der Waals surface area contributed by atoms with E-state index in [2.05, 4.69) is 62.3 Å². The maximum atomic E-state index is 3.63. The summed E-state index contributed by atoms with van der Waals surface area (Å²) in [4.78, 5) is 2.55. The summed E-state index contributed by atoms with van der Waals surface area (Å²) < 4.78 is 0. The van der Waals surface area contributed by atoms with Crippen molar-refractivity contribution >= 4 is 0 Å². The third-order valence-electron chi connectivity index (χ3n) is 4.79. The molecule has 2 heteroatoms. The minimum atomic E-state index is 0.573. The summed E-state index contributed by atoms with van der Waals surface area (Å²) in [5.74, 6) is 1.35. The summed E-state index contributed by atoms with van der Waals surface area (Å²) in [5, 5.41) is 3.63. The highest BCUT2D eigenvalue weighted by Crippen LogP contribution is 2.35. The van der Waals surface area contributed by atoms with Crippen LogP contribution in [0.1, 0.15) is 63.1 Å². The average Bonchev–Trinajstić information content (AvgIpc) is 2.48. The molecule has 1 aromatic carbocycles. The molecule has 1 saturated heterocycles. The number of hydrogen-bond donors (Lipinski definition) is 1. The van der Waals surface area contributed by atoms with E-state index in [1.54, 1.807) is 0 Å². The lowest BCUT2D eigenvalue weighted by molar-refractivity contribution is 0.119. The minimum Gasteiger partial charge on any atom is -0.316 e. The lowest BCUT2D eigenvalue weighted by atomic mass is 9.84. The van der Waals surface area contributed by atoms with E-state index in [9.17, 15) is 0 Å². The summed E-state index contributed by atoms with van der Waals surface area (Å²) in [6.45, 7) is 10.3. The van der Waals surface area contributed by atoms with Gasteiger partial charge in [0.1, 0.15) is 0 Å². The molecule has 1 aliphatic rings. The van der Waals surface area contributed by atoms with Crippen molar-refractivity contribution in [2.45, 2.75) is 52.0 Å². The van der Waals surface area contributed by atoms with E-state index in [4.69, 9.17) is 0 Å². The van der Waals surface area contributed by atoms with Crippen molar-refractivity contribution in [2.75, 3.05) is 26.7 Å². The van der Waals surface area contributed by atoms with Crippen LogP contribution in [-0.4, -0.2) is 31.6 Å². The first kappa shape index (κ1) is 16.5. The predicted molar refractivity (Wildman–Crippen MR) is 91.8 cm³/mol. The van der Waals surface area contributed by atoms with Gasteiger partial charge in [0.05, 0.1) is 0 Å². The van der Waals surface area contributed by atoms with Crippen LogP contribution in [0, 0.1) is 5.92 Å². The van der Waals surface area contributed by atoms with Gasteiger partial charge in [0.15, 0.2) is 0 Å². The number of likely N-dealkylation sites (tertiary alicyclic amines) is 1. The standard InChI is InChI=1S/C19H32N2/c1-5-12-20-14-18-7-6-13-21(4)19(18)17-10-8-16(9-11-17)15(2)3/h8-11,15,18-20H,5-7,12-14H2,1-4H3. The van der Waals surface area contributed by atoms with Gasteiger partial charge in [0, 0.05) is 6.04 Å². The van der Waals surface area contributed by atoms with Gasteiger partial charge in [-0.2, -0.15) is 0 Å². The highest BCUT2D eigenvalue weighted by atomic mass is 15.1. The Morgan fingerprint density at radius 2 is 1.95 bits per heavy atom. The first-order valence-corrected chi connectivity index (χ1v) is 8.64. The van der Waals surface area contributed by atoms with Gasteiger partial charge in [0.25, 0.3) is 0 Å². The minimum absolute atomic E-state index is 0.573. The molecule has 2 atom stereocenters. The topological polar surface area (TPSA) is 15.3 Å². The largest absolute Gasteiger partial charge is 0.316 e. The van der Waals surface area contributed by atoms with Gasteiger partial charge < -0.3 is 5.32 Å². The normalized spacial score (nSPS) is 23.7. The fourth-order valence-electron chi connectivity index (χ4n) is 3.54. The molecule has 1 N–H and O–H groups in total. The number of rotatable bonds is 6. The van der Waals surface area contributed by atoms with Gasteiger partial charge in [-0.3, -0.25) is 4.90 Å². The Morgan fingerprint density at radius 3 is 2.57 bits per heavy atom. The lowest BCUT2D eigenvalue weighted by Gasteiger charge is -2.40. The molecule has 1 aliphatic heterocycles. The summed E-state index contributed by atoms with van der Waals surface area (Å²) in [5.41, 5.74) is 2.93. The Labute approximate surface area is 130 Å². The van der Waals surface area contributed by atoms with Crippen molar-refractivity contribution in [2.24, 2.45) is 5.92 Å². The number of benzene rings is 1. The Bertz CT molecular complexity index is 410. The zero-order valence-corrected chi connectivity index (χ0v) is 14.2. The maximum Gasteiger partial charge on any atom is 0.0385 e. The summed E-state index contributed by atoms with van der Waals surface area (Å²) >= 11 is 0. The average molecular weight is 288 g/mol. The van der Waals surface area contributed by atoms with Gasteiger partial charge in [-0.1, -0.05) is 45.0 Å². The van der Waals surface area contributed by atoms with E-state index in [1.165, 1.54) is 36.9 Å². The molecule has 0 spiro atoms. The Balaban J connectivity index is 2.11. The van der Waals surface area contributed by atoms with Crippen molar-refractivity contribution in [3.8, 4) is 0 Å². The maximum absolute atomic E-state index is 3.63. The van der Waals surface area contributed by atoms with E-state index < -0.39 is 0 Å². The molecular formula is C19H32N2. The highest BCUT2D eigenvalue weighted by Gasteiger charge is 2.30. The van der Waals surface area contributed by atoms with Crippen molar-refractivity contribution < 1.29 is 0 Å². The Kier molecular flexibility index (Phi) is 6.25. The monoisotopic (exact) mass is 288 g/mol. The molecule has 0 aromatic heterocycles. The second kappa shape index (κ2) is 7.95. The van der Waals surface area contributed by atoms with Gasteiger partial charge in [-0.25, -0.2) is 0 Å². The summed E-state index contributed by atoms with van der Waals surface area (Å²) in [6, 6.07) is 9.92. The van der Waals surface area contributed by atoms with Crippen molar-refractivity contribution in [1.82, 2.24) is 10.2 Å². The number of hydrogen-bond acceptors (Lipinski definition) is 2. The van der Waals surface area contributed by atoms with Gasteiger partial charge in [-0.15, -0.1) is 0 Å². The molecule has 0 saturated carbocycles. The zero-order valence-electron chi connectivity index (χ0n) is 14.2. The second-order valence-electron chi connectivity index (χ2n) is 6.85. The first-order valence-electron chi connectivity index (χ1n) is 8.64. The van der Waals surface area contributed by atoms with Crippen LogP contribution in [0.5, 0.6) is 0 Å². The zero-order chi connectivity index (χ0) is 15.2. The molecule has 1 aromatic rings. The van der Waals surface area contributed by atoms with Gasteiger partial charge >= 0.3 is 0 Å². The SMILES string of the molecule is CCCNCC1CCCN(C)C1c1ccc(C(C)C)cc1. The smallest absolute Gasteiger partial charge is 0.0385 e. The highest BCUT2D eigenvalue weighted by molar-refractivity contribution is 5.27. The Morgan fingerprint density at radius 1 is 1.24 bits per heavy atom. The van der Waals surface area contributed by atoms with Crippen LogP contribution in [0.4, 0.5) is 0 Å². The molecule has 118 valence electrons. The number of nitrogens with one attached hydrogen (secondary N) is 1. The molecule has 1 fully saturated rings. The number of nitrogens with zero attached hydrogens (tertiary/aromatic N) is 1. The summed E-state index contributed by atoms with van der Waals surface area (Å²) in [7, 11) is 2.28. The van der Waals surface area contributed by atoms with E-state index in [0.29, 0.717) is 12.0 Å². The molecular weight excluding hydrogens is 256 g/mol. The molecule has 0 amide bonds. The molecule has 0 aliphatic carbocycles. The third-order valence-corrected chi connectivity index (χ3v) is 4.79. The second-order valence-corrected chi connectivity index (χ2v) is 6.85. The molecule has 2 nitrogen and oxygen atoms in total. The predicted octanol–water partition coefficient (Wildman–Crippen LogP) is 4.19. The molecule has 21 heavy (non-hydrogen) atoms. The Hall–Kier alpha value is -0.860. The fourth-order valence-corrected chi connectivity index (χ4v) is 3.54. The van der Waals surface area contributed by atoms with Crippen molar-refractivity contribution in [3.63, 3.8) is 0 Å². The van der Waals surface area contributed by atoms with E-state index in [1.807, 2.05) is 0 Å². The van der Waals surface area contributed by atoms with Crippen LogP contribution in [0.2, 0.25) is 0 Å². The van der Waals surface area contributed by atoms with E-state index in [-0.39, 0.29) is 0 Å². The van der Waals surface area contributed by atoms with Crippen LogP contribution in [0.25, 0.3) is 0 Å².